The summed E-state index contributed by atoms with van der Waals surface area (Å²) < 4.78 is 5.97. The molecule has 1 fully saturated rings. The van der Waals surface area contributed by atoms with Crippen molar-refractivity contribution < 1.29 is 9.53 Å². The van der Waals surface area contributed by atoms with Crippen molar-refractivity contribution in [2.75, 3.05) is 13.1 Å². The van der Waals surface area contributed by atoms with Crippen LogP contribution in [0.4, 0.5) is 0 Å². The Hall–Kier alpha value is -2.29. The zero-order valence-electron chi connectivity index (χ0n) is 12.9. The van der Waals surface area contributed by atoms with Crippen molar-refractivity contribution in [3.05, 3.63) is 65.7 Å². The van der Waals surface area contributed by atoms with Gasteiger partial charge in [-0.3, -0.25) is 4.79 Å². The number of hydrogen-bond donors (Lipinski definition) is 0. The van der Waals surface area contributed by atoms with Crippen LogP contribution in [0.1, 0.15) is 28.8 Å². The van der Waals surface area contributed by atoms with Gasteiger partial charge < -0.3 is 9.64 Å². The van der Waals surface area contributed by atoms with Crippen LogP contribution in [0, 0.1) is 6.92 Å². The van der Waals surface area contributed by atoms with Gasteiger partial charge in [0.05, 0.1) is 0 Å². The highest BCUT2D eigenvalue weighted by atomic mass is 16.5. The largest absolute Gasteiger partial charge is 0.490 e. The topological polar surface area (TPSA) is 29.5 Å². The highest BCUT2D eigenvalue weighted by Gasteiger charge is 2.24. The van der Waals surface area contributed by atoms with Crippen LogP contribution in [0.3, 0.4) is 0 Å². The summed E-state index contributed by atoms with van der Waals surface area (Å²) in [6.07, 6.45) is 1.96. The maximum absolute atomic E-state index is 12.5. The minimum atomic E-state index is 0.127. The molecule has 0 saturated carbocycles. The molecule has 1 aliphatic heterocycles. The van der Waals surface area contributed by atoms with Gasteiger partial charge >= 0.3 is 0 Å². The predicted octanol–water partition coefficient (Wildman–Crippen LogP) is 3.68. The number of para-hydroxylation sites is 1. The van der Waals surface area contributed by atoms with Crippen molar-refractivity contribution in [3.8, 4) is 5.75 Å². The van der Waals surface area contributed by atoms with Crippen LogP contribution in [-0.2, 0) is 0 Å². The maximum Gasteiger partial charge on any atom is 0.253 e. The van der Waals surface area contributed by atoms with Gasteiger partial charge in [-0.2, -0.15) is 0 Å². The number of nitrogens with zero attached hydrogens (tertiary/aromatic N) is 1. The number of benzene rings is 2. The van der Waals surface area contributed by atoms with E-state index in [4.69, 9.17) is 4.74 Å². The molecule has 0 unspecified atom stereocenters. The zero-order valence-corrected chi connectivity index (χ0v) is 12.9. The van der Waals surface area contributed by atoms with E-state index in [1.807, 2.05) is 66.4 Å². The lowest BCUT2D eigenvalue weighted by Crippen LogP contribution is -2.41. The summed E-state index contributed by atoms with van der Waals surface area (Å²) in [6.45, 7) is 3.52. The van der Waals surface area contributed by atoms with Crippen LogP contribution < -0.4 is 4.74 Å². The minimum absolute atomic E-state index is 0.127. The third-order valence-corrected chi connectivity index (χ3v) is 4.04. The van der Waals surface area contributed by atoms with E-state index < -0.39 is 0 Å². The Bertz CT molecular complexity index is 631. The lowest BCUT2D eigenvalue weighted by atomic mass is 10.1. The molecular formula is C19H21NO2. The number of amides is 1. The number of carbonyl (C=O) groups excluding carboxylic acids is 1. The second-order valence-electron chi connectivity index (χ2n) is 5.79. The van der Waals surface area contributed by atoms with E-state index in [0.29, 0.717) is 0 Å². The summed E-state index contributed by atoms with van der Waals surface area (Å²) in [7, 11) is 0. The van der Waals surface area contributed by atoms with Crippen molar-refractivity contribution in [3.63, 3.8) is 0 Å². The SMILES string of the molecule is Cc1cccc(C(=O)N2CCC(Oc3ccccc3)CC2)c1. The number of hydrogen-bond acceptors (Lipinski definition) is 2. The lowest BCUT2D eigenvalue weighted by molar-refractivity contribution is 0.0595. The summed E-state index contributed by atoms with van der Waals surface area (Å²) in [5, 5.41) is 0. The first kappa shape index (κ1) is 14.6. The molecule has 0 spiro atoms. The van der Waals surface area contributed by atoms with Crippen LogP contribution >= 0.6 is 0 Å². The van der Waals surface area contributed by atoms with Gasteiger partial charge in [-0.05, 0) is 31.2 Å². The Morgan fingerprint density at radius 3 is 2.45 bits per heavy atom. The quantitative estimate of drug-likeness (QED) is 0.864. The highest BCUT2D eigenvalue weighted by Crippen LogP contribution is 2.20. The van der Waals surface area contributed by atoms with Crippen molar-refractivity contribution >= 4 is 5.91 Å². The Balaban J connectivity index is 1.56. The van der Waals surface area contributed by atoms with Crippen LogP contribution in [0.15, 0.2) is 54.6 Å². The second kappa shape index (κ2) is 6.65. The van der Waals surface area contributed by atoms with Gasteiger partial charge in [-0.25, -0.2) is 0 Å². The molecule has 0 N–H and O–H groups in total. The zero-order chi connectivity index (χ0) is 15.4. The molecular weight excluding hydrogens is 274 g/mol. The lowest BCUT2D eigenvalue weighted by Gasteiger charge is -2.32. The second-order valence-corrected chi connectivity index (χ2v) is 5.79. The molecule has 2 aromatic rings. The van der Waals surface area contributed by atoms with Gasteiger partial charge in [0.25, 0.3) is 5.91 Å². The fourth-order valence-electron chi connectivity index (χ4n) is 2.83. The molecule has 22 heavy (non-hydrogen) atoms. The van der Waals surface area contributed by atoms with Crippen molar-refractivity contribution in [1.29, 1.82) is 0 Å². The fraction of sp³-hybridized carbons (Fsp3) is 0.316. The summed E-state index contributed by atoms with van der Waals surface area (Å²) in [6, 6.07) is 17.7. The third kappa shape index (κ3) is 3.48. The van der Waals surface area contributed by atoms with E-state index in [2.05, 4.69) is 0 Å². The Morgan fingerprint density at radius 1 is 1.05 bits per heavy atom. The van der Waals surface area contributed by atoms with E-state index in [9.17, 15) is 4.79 Å². The van der Waals surface area contributed by atoms with Crippen LogP contribution in [0.25, 0.3) is 0 Å². The van der Waals surface area contributed by atoms with Crippen LogP contribution in [0.2, 0.25) is 0 Å². The summed E-state index contributed by atoms with van der Waals surface area (Å²) in [5.74, 6) is 1.04. The molecule has 1 saturated heterocycles. The average Bonchev–Trinajstić information content (AvgIpc) is 2.56. The molecule has 0 bridgehead atoms. The molecule has 3 rings (SSSR count). The van der Waals surface area contributed by atoms with E-state index in [1.54, 1.807) is 0 Å². The molecule has 0 aromatic heterocycles. The van der Waals surface area contributed by atoms with E-state index in [0.717, 1.165) is 42.8 Å². The molecule has 3 nitrogen and oxygen atoms in total. The van der Waals surface area contributed by atoms with Gasteiger partial charge in [0.15, 0.2) is 0 Å². The molecule has 1 amide bonds. The average molecular weight is 295 g/mol. The normalized spacial score (nSPS) is 15.6. The van der Waals surface area contributed by atoms with Gasteiger partial charge in [-0.1, -0.05) is 35.9 Å². The fourth-order valence-corrected chi connectivity index (χ4v) is 2.83. The van der Waals surface area contributed by atoms with E-state index in [1.165, 1.54) is 0 Å². The summed E-state index contributed by atoms with van der Waals surface area (Å²) in [4.78, 5) is 14.4. The number of ether oxygens (including phenoxy) is 1. The Morgan fingerprint density at radius 2 is 1.77 bits per heavy atom. The molecule has 2 aromatic carbocycles. The van der Waals surface area contributed by atoms with Crippen molar-refractivity contribution in [1.82, 2.24) is 4.90 Å². The van der Waals surface area contributed by atoms with Crippen LogP contribution in [0.5, 0.6) is 5.75 Å². The van der Waals surface area contributed by atoms with Crippen molar-refractivity contribution in [2.45, 2.75) is 25.9 Å². The van der Waals surface area contributed by atoms with Crippen molar-refractivity contribution in [2.24, 2.45) is 0 Å². The summed E-state index contributed by atoms with van der Waals surface area (Å²) >= 11 is 0. The van der Waals surface area contributed by atoms with E-state index >= 15 is 0 Å². The predicted molar refractivity (Wildman–Crippen MR) is 87.2 cm³/mol. The number of carbonyl (C=O) groups is 1. The Kier molecular flexibility index (Phi) is 4.42. The molecule has 0 aliphatic carbocycles. The molecule has 1 heterocycles. The van der Waals surface area contributed by atoms with Gasteiger partial charge in [-0.15, -0.1) is 0 Å². The Labute approximate surface area is 131 Å². The number of rotatable bonds is 3. The first-order chi connectivity index (χ1) is 10.7. The number of piperidine rings is 1. The van der Waals surface area contributed by atoms with Crippen LogP contribution in [-0.4, -0.2) is 30.0 Å². The number of likely N-dealkylation sites (tertiary alicyclic amines) is 1. The molecule has 3 heteroatoms. The van der Waals surface area contributed by atoms with E-state index in [-0.39, 0.29) is 12.0 Å². The maximum atomic E-state index is 12.5. The van der Waals surface area contributed by atoms with Gasteiger partial charge in [0.2, 0.25) is 0 Å². The van der Waals surface area contributed by atoms with Gasteiger partial charge in [0.1, 0.15) is 11.9 Å². The molecule has 1 aliphatic rings. The first-order valence-corrected chi connectivity index (χ1v) is 7.80. The molecule has 0 atom stereocenters. The summed E-state index contributed by atoms with van der Waals surface area (Å²) in [5.41, 5.74) is 1.90. The first-order valence-electron chi connectivity index (χ1n) is 7.80. The minimum Gasteiger partial charge on any atom is -0.490 e. The molecule has 114 valence electrons. The standard InChI is InChI=1S/C19H21NO2/c1-15-6-5-7-16(14-15)19(21)20-12-10-18(11-13-20)22-17-8-3-2-4-9-17/h2-9,14,18H,10-13H2,1H3. The monoisotopic (exact) mass is 295 g/mol. The molecule has 0 radical (unpaired) electrons. The smallest absolute Gasteiger partial charge is 0.253 e. The number of aryl methyl sites for hydroxylation is 1. The van der Waals surface area contributed by atoms with Gasteiger partial charge in [0, 0.05) is 31.5 Å². The third-order valence-electron chi connectivity index (χ3n) is 4.04. The highest BCUT2D eigenvalue weighted by molar-refractivity contribution is 5.94.